The summed E-state index contributed by atoms with van der Waals surface area (Å²) < 4.78 is 61.8. The average Bonchev–Trinajstić information content (AvgIpc) is 2.18. The number of benzene rings is 1. The molecule has 0 fully saturated rings. The first-order valence-electron chi connectivity index (χ1n) is 5.15. The van der Waals surface area contributed by atoms with Gasteiger partial charge in [-0.2, -0.15) is 13.2 Å². The Bertz CT molecular complexity index is 405. The number of hydrogen-bond donors (Lipinski definition) is 1. The van der Waals surface area contributed by atoms with E-state index in [1.54, 1.807) is 0 Å². The number of halogens is 5. The lowest BCUT2D eigenvalue weighted by Crippen LogP contribution is -2.36. The van der Waals surface area contributed by atoms with Gasteiger partial charge in [-0.3, -0.25) is 4.90 Å². The van der Waals surface area contributed by atoms with E-state index in [0.717, 1.165) is 17.0 Å². The molecule has 0 heterocycles. The van der Waals surface area contributed by atoms with Gasteiger partial charge in [0.05, 0.1) is 6.54 Å². The van der Waals surface area contributed by atoms with Crippen LogP contribution in [0.4, 0.5) is 22.0 Å². The van der Waals surface area contributed by atoms with Crippen LogP contribution in [0.15, 0.2) is 18.2 Å². The van der Waals surface area contributed by atoms with E-state index in [0.29, 0.717) is 0 Å². The van der Waals surface area contributed by atoms with Crippen molar-refractivity contribution in [1.29, 1.82) is 0 Å². The second-order valence-corrected chi connectivity index (χ2v) is 4.09. The van der Waals surface area contributed by atoms with Gasteiger partial charge < -0.3 is 5.73 Å². The van der Waals surface area contributed by atoms with Crippen LogP contribution in [-0.2, 0) is 0 Å². The third-order valence-electron chi connectivity index (χ3n) is 2.33. The second-order valence-electron chi connectivity index (χ2n) is 4.09. The van der Waals surface area contributed by atoms with Crippen molar-refractivity contribution in [2.75, 3.05) is 20.1 Å². The summed E-state index contributed by atoms with van der Waals surface area (Å²) in [5.74, 6) is -2.09. The number of hydrogen-bond acceptors (Lipinski definition) is 2. The van der Waals surface area contributed by atoms with Crippen LogP contribution in [0.2, 0.25) is 0 Å². The van der Waals surface area contributed by atoms with Crippen molar-refractivity contribution >= 4 is 0 Å². The highest BCUT2D eigenvalue weighted by molar-refractivity contribution is 5.21. The van der Waals surface area contributed by atoms with Crippen LogP contribution in [0.1, 0.15) is 11.6 Å². The predicted molar refractivity (Wildman–Crippen MR) is 56.8 cm³/mol. The zero-order chi connectivity index (χ0) is 13.9. The normalized spacial score (nSPS) is 14.0. The molecule has 7 heteroatoms. The SMILES string of the molecule is CN(CC(N)c1ccc(F)c(F)c1)CC(F)(F)F. The van der Waals surface area contributed by atoms with Crippen LogP contribution in [-0.4, -0.2) is 31.2 Å². The molecular weight excluding hydrogens is 255 g/mol. The second kappa shape index (κ2) is 5.62. The Labute approximate surface area is 101 Å². The van der Waals surface area contributed by atoms with Crippen LogP contribution < -0.4 is 5.73 Å². The smallest absolute Gasteiger partial charge is 0.323 e. The topological polar surface area (TPSA) is 29.3 Å². The summed E-state index contributed by atoms with van der Waals surface area (Å²) in [6.45, 7) is -1.21. The fourth-order valence-corrected chi connectivity index (χ4v) is 1.55. The van der Waals surface area contributed by atoms with E-state index in [2.05, 4.69) is 0 Å². The molecule has 102 valence electrons. The highest BCUT2D eigenvalue weighted by Gasteiger charge is 2.29. The molecule has 0 amide bonds. The maximum Gasteiger partial charge on any atom is 0.401 e. The number of rotatable bonds is 4. The van der Waals surface area contributed by atoms with Crippen molar-refractivity contribution in [2.24, 2.45) is 5.73 Å². The summed E-state index contributed by atoms with van der Waals surface area (Å²) in [7, 11) is 1.26. The van der Waals surface area contributed by atoms with Crippen LogP contribution in [0.5, 0.6) is 0 Å². The van der Waals surface area contributed by atoms with E-state index in [-0.39, 0.29) is 12.1 Å². The third-order valence-corrected chi connectivity index (χ3v) is 2.33. The van der Waals surface area contributed by atoms with Crippen molar-refractivity contribution in [3.05, 3.63) is 35.4 Å². The van der Waals surface area contributed by atoms with Gasteiger partial charge in [-0.25, -0.2) is 8.78 Å². The summed E-state index contributed by atoms with van der Waals surface area (Å²) in [5, 5.41) is 0. The van der Waals surface area contributed by atoms with Crippen molar-refractivity contribution in [3.63, 3.8) is 0 Å². The number of nitrogens with two attached hydrogens (primary N) is 1. The van der Waals surface area contributed by atoms with Crippen molar-refractivity contribution in [2.45, 2.75) is 12.2 Å². The van der Waals surface area contributed by atoms with Gasteiger partial charge >= 0.3 is 6.18 Å². The number of alkyl halides is 3. The van der Waals surface area contributed by atoms with Gasteiger partial charge in [0.15, 0.2) is 11.6 Å². The third kappa shape index (κ3) is 4.58. The lowest BCUT2D eigenvalue weighted by molar-refractivity contribution is -0.143. The Morgan fingerprint density at radius 1 is 1.22 bits per heavy atom. The molecule has 0 aliphatic rings. The Hall–Kier alpha value is -1.21. The minimum absolute atomic E-state index is 0.107. The molecule has 0 bridgehead atoms. The van der Waals surface area contributed by atoms with E-state index in [1.807, 2.05) is 0 Å². The molecular formula is C11H13F5N2. The average molecular weight is 268 g/mol. The quantitative estimate of drug-likeness (QED) is 0.850. The first-order chi connectivity index (χ1) is 8.19. The molecule has 0 aromatic heterocycles. The van der Waals surface area contributed by atoms with Gasteiger partial charge in [-0.05, 0) is 24.7 Å². The van der Waals surface area contributed by atoms with Gasteiger partial charge in [0.25, 0.3) is 0 Å². The molecule has 1 aromatic carbocycles. The summed E-state index contributed by atoms with van der Waals surface area (Å²) >= 11 is 0. The number of nitrogens with zero attached hydrogens (tertiary/aromatic N) is 1. The van der Waals surface area contributed by atoms with Crippen LogP contribution >= 0.6 is 0 Å². The summed E-state index contributed by atoms with van der Waals surface area (Å²) in [5.41, 5.74) is 5.89. The standard InChI is InChI=1S/C11H13F5N2/c1-18(6-11(14,15)16)5-10(17)7-2-3-8(12)9(13)4-7/h2-4,10H,5-6,17H2,1H3. The minimum atomic E-state index is -4.32. The van der Waals surface area contributed by atoms with Crippen LogP contribution in [0, 0.1) is 11.6 Å². The highest BCUT2D eigenvalue weighted by Crippen LogP contribution is 2.19. The van der Waals surface area contributed by atoms with Crippen molar-refractivity contribution < 1.29 is 22.0 Å². The fourth-order valence-electron chi connectivity index (χ4n) is 1.55. The lowest BCUT2D eigenvalue weighted by atomic mass is 10.1. The van der Waals surface area contributed by atoms with E-state index in [4.69, 9.17) is 5.73 Å². The maximum atomic E-state index is 12.9. The Kier molecular flexibility index (Phi) is 4.64. The molecule has 0 radical (unpaired) electrons. The van der Waals surface area contributed by atoms with Gasteiger partial charge in [-0.1, -0.05) is 6.07 Å². The van der Waals surface area contributed by atoms with Crippen molar-refractivity contribution in [1.82, 2.24) is 4.90 Å². The summed E-state index contributed by atoms with van der Waals surface area (Å²) in [6, 6.07) is 2.23. The zero-order valence-corrected chi connectivity index (χ0v) is 9.64. The molecule has 1 rings (SSSR count). The van der Waals surface area contributed by atoms with Crippen molar-refractivity contribution in [3.8, 4) is 0 Å². The van der Waals surface area contributed by atoms with Gasteiger partial charge in [-0.15, -0.1) is 0 Å². The maximum absolute atomic E-state index is 12.9. The molecule has 0 aliphatic carbocycles. The Morgan fingerprint density at radius 2 is 1.83 bits per heavy atom. The van der Waals surface area contributed by atoms with Gasteiger partial charge in [0.2, 0.25) is 0 Å². The van der Waals surface area contributed by atoms with E-state index in [1.165, 1.54) is 13.1 Å². The molecule has 1 aromatic rings. The van der Waals surface area contributed by atoms with Gasteiger partial charge in [0.1, 0.15) is 0 Å². The highest BCUT2D eigenvalue weighted by atomic mass is 19.4. The molecule has 18 heavy (non-hydrogen) atoms. The molecule has 0 aliphatic heterocycles. The Morgan fingerprint density at radius 3 is 2.33 bits per heavy atom. The molecule has 1 atom stereocenters. The minimum Gasteiger partial charge on any atom is -0.323 e. The van der Waals surface area contributed by atoms with Gasteiger partial charge in [0, 0.05) is 12.6 Å². The Balaban J connectivity index is 2.64. The summed E-state index contributed by atoms with van der Waals surface area (Å²) in [6.07, 6.45) is -4.32. The molecule has 0 saturated heterocycles. The molecule has 2 N–H and O–H groups in total. The van der Waals surface area contributed by atoms with Crippen LogP contribution in [0.25, 0.3) is 0 Å². The summed E-state index contributed by atoms with van der Waals surface area (Å²) in [4.78, 5) is 0.978. The first-order valence-corrected chi connectivity index (χ1v) is 5.15. The van der Waals surface area contributed by atoms with Crippen LogP contribution in [0.3, 0.4) is 0 Å². The zero-order valence-electron chi connectivity index (χ0n) is 9.64. The molecule has 1 unspecified atom stereocenters. The van der Waals surface area contributed by atoms with E-state index >= 15 is 0 Å². The number of likely N-dealkylation sites (N-methyl/N-ethyl adjacent to an activating group) is 1. The van der Waals surface area contributed by atoms with E-state index < -0.39 is 30.4 Å². The first kappa shape index (κ1) is 14.8. The fraction of sp³-hybridized carbons (Fsp3) is 0.455. The molecule has 0 saturated carbocycles. The largest absolute Gasteiger partial charge is 0.401 e. The molecule has 0 spiro atoms. The van der Waals surface area contributed by atoms with E-state index in [9.17, 15) is 22.0 Å². The monoisotopic (exact) mass is 268 g/mol. The lowest BCUT2D eigenvalue weighted by Gasteiger charge is -2.22. The predicted octanol–water partition coefficient (Wildman–Crippen LogP) is 2.46. The molecule has 2 nitrogen and oxygen atoms in total.